The van der Waals surface area contributed by atoms with Crippen LogP contribution < -0.4 is 27.1 Å². The molecule has 0 aliphatic heterocycles. The average Bonchev–Trinajstić information content (AvgIpc) is 3.35. The fourth-order valence-electron chi connectivity index (χ4n) is 8.68. The first-order valence-electron chi connectivity index (χ1n) is 22.1. The zero-order chi connectivity index (χ0) is 42.9. The number of para-hydroxylation sites is 4. The van der Waals surface area contributed by atoms with Crippen molar-refractivity contribution in [3.8, 4) is 67.9 Å². The third kappa shape index (κ3) is 9.50. The molecule has 0 unspecified atom stereocenters. The quantitative estimate of drug-likeness (QED) is 0.0957. The van der Waals surface area contributed by atoms with Crippen LogP contribution in [0.25, 0.3) is 33.4 Å². The molecule has 10 rings (SSSR count). The Hall–Kier alpha value is -6.58. The fraction of sp³-hybridized carbons (Fsp3) is 0.143. The molecule has 8 aromatic rings. The second kappa shape index (κ2) is 19.9. The lowest BCUT2D eigenvalue weighted by Crippen LogP contribution is -2.14. The number of hydrogen-bond acceptors (Lipinski definition) is 6. The van der Waals surface area contributed by atoms with Gasteiger partial charge in [-0.05, 0) is 145 Å². The Morgan fingerprint density at radius 2 is 0.578 bits per heavy atom. The zero-order valence-corrected chi connectivity index (χ0v) is 37.3. The van der Waals surface area contributed by atoms with Crippen molar-refractivity contribution in [3.05, 3.63) is 216 Å². The van der Waals surface area contributed by atoms with Crippen molar-refractivity contribution in [1.82, 2.24) is 0 Å². The van der Waals surface area contributed by atoms with Crippen LogP contribution in [0.2, 0.25) is 0 Å². The van der Waals surface area contributed by atoms with Crippen LogP contribution in [0.1, 0.15) is 47.9 Å². The van der Waals surface area contributed by atoms with Gasteiger partial charge in [0, 0.05) is 22.3 Å². The maximum absolute atomic E-state index is 7.46. The zero-order valence-electron chi connectivity index (χ0n) is 35.5. The largest absolute Gasteiger partial charge is 0.530 e. The molecule has 0 fully saturated rings. The molecular formula is C56H48O6P2. The molecule has 0 aromatic heterocycles. The third-order valence-corrected chi connectivity index (χ3v) is 13.8. The van der Waals surface area contributed by atoms with Gasteiger partial charge in [0.2, 0.25) is 0 Å². The molecule has 0 amide bonds. The summed E-state index contributed by atoms with van der Waals surface area (Å²) in [6.45, 7) is 0. The molecule has 0 heterocycles. The predicted octanol–water partition coefficient (Wildman–Crippen LogP) is 16.0. The summed E-state index contributed by atoms with van der Waals surface area (Å²) in [6.07, 6.45) is 7.99. The van der Waals surface area contributed by atoms with Gasteiger partial charge in [0.1, 0.15) is 34.5 Å². The normalized spacial score (nSPS) is 13.1. The van der Waals surface area contributed by atoms with Gasteiger partial charge in [-0.25, -0.2) is 0 Å². The highest BCUT2D eigenvalue weighted by Gasteiger charge is 2.35. The molecule has 0 atom stereocenters. The minimum atomic E-state index is -2.06. The van der Waals surface area contributed by atoms with E-state index in [1.165, 1.54) is 22.3 Å². The first kappa shape index (κ1) is 41.4. The van der Waals surface area contributed by atoms with E-state index in [4.69, 9.17) is 27.1 Å². The Kier molecular flexibility index (Phi) is 12.9. The lowest BCUT2D eigenvalue weighted by atomic mass is 9.77. The predicted molar refractivity (Wildman–Crippen MR) is 259 cm³/mol. The smallest absolute Gasteiger partial charge is 0.409 e. The van der Waals surface area contributed by atoms with E-state index in [-0.39, 0.29) is 0 Å². The van der Waals surface area contributed by atoms with Crippen molar-refractivity contribution in [2.45, 2.75) is 51.4 Å². The molecule has 0 saturated heterocycles. The van der Waals surface area contributed by atoms with Crippen LogP contribution in [-0.4, -0.2) is 0 Å². The topological polar surface area (TPSA) is 55.4 Å². The molecule has 64 heavy (non-hydrogen) atoms. The molecule has 0 bridgehead atoms. The Morgan fingerprint density at radius 3 is 0.891 bits per heavy atom. The molecule has 2 aliphatic rings. The second-order valence-corrected chi connectivity index (χ2v) is 17.9. The Bertz CT molecular complexity index is 2500. The average molecular weight is 879 g/mol. The highest BCUT2D eigenvalue weighted by molar-refractivity contribution is 7.43. The van der Waals surface area contributed by atoms with Gasteiger partial charge in [0.05, 0.1) is 0 Å². The van der Waals surface area contributed by atoms with E-state index < -0.39 is 17.2 Å². The van der Waals surface area contributed by atoms with Gasteiger partial charge in [0.25, 0.3) is 0 Å². The Labute approximate surface area is 378 Å². The van der Waals surface area contributed by atoms with Crippen molar-refractivity contribution in [3.63, 3.8) is 0 Å². The summed E-state index contributed by atoms with van der Waals surface area (Å²) >= 11 is 0. The summed E-state index contributed by atoms with van der Waals surface area (Å²) in [5, 5.41) is 0. The van der Waals surface area contributed by atoms with Gasteiger partial charge in [-0.3, -0.25) is 0 Å². The molecule has 0 radical (unpaired) electrons. The van der Waals surface area contributed by atoms with Crippen LogP contribution in [-0.2, 0) is 25.7 Å². The summed E-state index contributed by atoms with van der Waals surface area (Å²) < 4.78 is 41.8. The van der Waals surface area contributed by atoms with Crippen molar-refractivity contribution in [2.75, 3.05) is 0 Å². The molecule has 318 valence electrons. The van der Waals surface area contributed by atoms with Crippen LogP contribution >= 0.6 is 17.2 Å². The van der Waals surface area contributed by atoms with Crippen LogP contribution in [0.4, 0.5) is 0 Å². The summed E-state index contributed by atoms with van der Waals surface area (Å²) in [5.41, 5.74) is 11.2. The molecule has 6 nitrogen and oxygen atoms in total. The van der Waals surface area contributed by atoms with Crippen LogP contribution in [0.15, 0.2) is 194 Å². The van der Waals surface area contributed by atoms with E-state index in [1.807, 2.05) is 121 Å². The number of aryl methyl sites for hydroxylation is 2. The maximum Gasteiger partial charge on any atom is 0.530 e. The van der Waals surface area contributed by atoms with E-state index in [2.05, 4.69) is 72.8 Å². The number of fused-ring (bicyclic) bond motifs is 2. The lowest BCUT2D eigenvalue weighted by molar-refractivity contribution is 0.385. The third-order valence-electron chi connectivity index (χ3n) is 11.6. The van der Waals surface area contributed by atoms with Crippen molar-refractivity contribution >= 4 is 17.2 Å². The summed E-state index contributed by atoms with van der Waals surface area (Å²) in [5.74, 6) is 4.01. The summed E-state index contributed by atoms with van der Waals surface area (Å²) in [6, 6.07) is 64.9. The monoisotopic (exact) mass is 878 g/mol. The molecule has 0 spiro atoms. The summed E-state index contributed by atoms with van der Waals surface area (Å²) in [4.78, 5) is 0. The van der Waals surface area contributed by atoms with E-state index in [9.17, 15) is 0 Å². The summed E-state index contributed by atoms with van der Waals surface area (Å²) in [7, 11) is -4.12. The molecule has 8 aromatic carbocycles. The van der Waals surface area contributed by atoms with Crippen LogP contribution in [0, 0.1) is 0 Å². The van der Waals surface area contributed by atoms with E-state index in [0.717, 1.165) is 84.7 Å². The highest BCUT2D eigenvalue weighted by Crippen LogP contribution is 2.58. The minimum absolute atomic E-state index is 0.652. The molecular weight excluding hydrogens is 831 g/mol. The molecule has 0 N–H and O–H groups in total. The molecule has 0 saturated carbocycles. The minimum Gasteiger partial charge on any atom is -0.409 e. The van der Waals surface area contributed by atoms with Crippen molar-refractivity contribution in [1.29, 1.82) is 0 Å². The lowest BCUT2D eigenvalue weighted by Gasteiger charge is -2.31. The van der Waals surface area contributed by atoms with E-state index in [1.54, 1.807) is 0 Å². The Morgan fingerprint density at radius 1 is 0.297 bits per heavy atom. The van der Waals surface area contributed by atoms with Crippen LogP contribution in [0.3, 0.4) is 0 Å². The standard InChI is InChI=1S/C56H48O6P2/c1-7-23-41(24-8-1)51-39-43-27-19-21-37-49(43)53(55(51)61-63(57-45-29-11-3-12-30-45)58-46-31-13-4-14-32-46)54-50-38-22-20-28-44(50)40-52(42-25-9-2-10-26-42)56(54)62-64(59-47-33-15-5-16-34-47)60-48-35-17-6-18-36-48/h1-18,23-26,29-36,39-40H,19-22,27-28,37-38H2. The van der Waals surface area contributed by atoms with Gasteiger partial charge >= 0.3 is 17.2 Å². The fourth-order valence-corrected chi connectivity index (χ4v) is 10.8. The molecule has 2 aliphatic carbocycles. The van der Waals surface area contributed by atoms with Gasteiger partial charge in [-0.15, -0.1) is 0 Å². The number of benzene rings is 8. The van der Waals surface area contributed by atoms with Crippen molar-refractivity contribution < 1.29 is 27.1 Å². The van der Waals surface area contributed by atoms with Gasteiger partial charge < -0.3 is 27.1 Å². The molecule has 8 heteroatoms. The first-order valence-corrected chi connectivity index (χ1v) is 24.3. The Balaban J connectivity index is 1.25. The first-order chi connectivity index (χ1) is 31.7. The number of hydrogen-bond donors (Lipinski definition) is 0. The number of rotatable bonds is 15. The van der Waals surface area contributed by atoms with Gasteiger partial charge in [0.15, 0.2) is 0 Å². The second-order valence-electron chi connectivity index (χ2n) is 15.9. The van der Waals surface area contributed by atoms with Crippen molar-refractivity contribution in [2.24, 2.45) is 0 Å². The highest BCUT2D eigenvalue weighted by atomic mass is 31.2. The maximum atomic E-state index is 7.46. The SMILES string of the molecule is c1ccc(OP(Oc2ccccc2)Oc2c(-c3ccccc3)cc3c(c2-c2c4c(cc(-c5ccccc5)c2OP(Oc2ccccc2)Oc2ccccc2)CCCC4)CCCC3)cc1. The van der Waals surface area contributed by atoms with Gasteiger partial charge in [-0.2, -0.15) is 0 Å². The van der Waals surface area contributed by atoms with E-state index >= 15 is 0 Å². The van der Waals surface area contributed by atoms with E-state index in [0.29, 0.717) is 34.5 Å². The van der Waals surface area contributed by atoms with Crippen LogP contribution in [0.5, 0.6) is 34.5 Å². The van der Waals surface area contributed by atoms with Gasteiger partial charge in [-0.1, -0.05) is 133 Å².